The van der Waals surface area contributed by atoms with Gasteiger partial charge in [0.1, 0.15) is 0 Å². The molecule has 0 saturated heterocycles. The molecule has 0 aromatic heterocycles. The van der Waals surface area contributed by atoms with Crippen molar-refractivity contribution in [3.05, 3.63) is 70.7 Å². The van der Waals surface area contributed by atoms with E-state index in [-0.39, 0.29) is 5.91 Å². The number of benzene rings is 2. The summed E-state index contributed by atoms with van der Waals surface area (Å²) in [6.07, 6.45) is 6.07. The third-order valence-corrected chi connectivity index (χ3v) is 6.23. The molecule has 150 valence electrons. The van der Waals surface area contributed by atoms with E-state index in [9.17, 15) is 4.79 Å². The Hall–Kier alpha value is -1.84. The van der Waals surface area contributed by atoms with Crippen molar-refractivity contribution in [3.8, 4) is 0 Å². The fourth-order valence-electron chi connectivity index (χ4n) is 4.53. The zero-order valence-electron chi connectivity index (χ0n) is 16.9. The van der Waals surface area contributed by atoms with Gasteiger partial charge in [-0.2, -0.15) is 0 Å². The van der Waals surface area contributed by atoms with Crippen LogP contribution in [0.5, 0.6) is 0 Å². The van der Waals surface area contributed by atoms with Crippen LogP contribution in [0.3, 0.4) is 0 Å². The molecule has 28 heavy (non-hydrogen) atoms. The molecule has 1 fully saturated rings. The maximum absolute atomic E-state index is 12.2. The number of carbonyl (C=O) groups is 1. The fraction of sp³-hybridized carbons (Fsp3) is 0.458. The van der Waals surface area contributed by atoms with E-state index in [1.165, 1.54) is 31.2 Å². The molecule has 1 N–H and O–H groups in total. The van der Waals surface area contributed by atoms with Crippen molar-refractivity contribution in [2.45, 2.75) is 38.1 Å². The first-order valence-corrected chi connectivity index (χ1v) is 10.7. The summed E-state index contributed by atoms with van der Waals surface area (Å²) >= 11 is 5.88. The highest BCUT2D eigenvalue weighted by atomic mass is 35.5. The number of halogens is 1. The average Bonchev–Trinajstić information content (AvgIpc) is 2.70. The van der Waals surface area contributed by atoms with Gasteiger partial charge in [0.25, 0.3) is 5.91 Å². The Balaban J connectivity index is 1.45. The van der Waals surface area contributed by atoms with Gasteiger partial charge in [0, 0.05) is 23.2 Å². The number of nitrogens with one attached hydrogen (secondary N) is 1. The molecule has 3 rings (SSSR count). The molecule has 1 atom stereocenters. The van der Waals surface area contributed by atoms with E-state index >= 15 is 0 Å². The Morgan fingerprint density at radius 1 is 1.04 bits per heavy atom. The minimum absolute atomic E-state index is 0.0119. The van der Waals surface area contributed by atoms with Crippen molar-refractivity contribution in [2.75, 3.05) is 20.6 Å². The van der Waals surface area contributed by atoms with E-state index in [0.717, 1.165) is 13.0 Å². The predicted molar refractivity (Wildman–Crippen MR) is 117 cm³/mol. The van der Waals surface area contributed by atoms with Crippen LogP contribution in [0.25, 0.3) is 0 Å². The van der Waals surface area contributed by atoms with Crippen LogP contribution in [-0.2, 0) is 0 Å². The number of nitrogens with zero attached hydrogens (tertiary/aromatic N) is 1. The van der Waals surface area contributed by atoms with Crippen LogP contribution in [0.2, 0.25) is 5.02 Å². The second-order valence-electron chi connectivity index (χ2n) is 8.15. The Labute approximate surface area is 174 Å². The Bertz CT molecular complexity index is 737. The predicted octanol–water partition coefficient (Wildman–Crippen LogP) is 5.57. The van der Waals surface area contributed by atoms with Gasteiger partial charge >= 0.3 is 0 Å². The highest BCUT2D eigenvalue weighted by Crippen LogP contribution is 2.40. The molecule has 2 aromatic rings. The number of rotatable bonds is 7. The zero-order chi connectivity index (χ0) is 19.9. The van der Waals surface area contributed by atoms with Gasteiger partial charge in [-0.15, -0.1) is 0 Å². The Morgan fingerprint density at radius 3 is 2.29 bits per heavy atom. The summed E-state index contributed by atoms with van der Waals surface area (Å²) in [4.78, 5) is 14.6. The number of carbonyl (C=O) groups excluding carboxylic acids is 1. The van der Waals surface area contributed by atoms with Crippen LogP contribution >= 0.6 is 11.6 Å². The molecule has 1 saturated carbocycles. The summed E-state index contributed by atoms with van der Waals surface area (Å²) in [5.41, 5.74) is 2.09. The molecule has 1 unspecified atom stereocenters. The SMILES string of the molecule is CN(C)C(c1ccccc1)C1CCC(CCNC(=O)c2ccc(Cl)cc2)CC1. The van der Waals surface area contributed by atoms with Crippen molar-refractivity contribution in [3.63, 3.8) is 0 Å². The number of amides is 1. The van der Waals surface area contributed by atoms with Crippen molar-refractivity contribution < 1.29 is 4.79 Å². The van der Waals surface area contributed by atoms with E-state index in [2.05, 4.69) is 54.6 Å². The van der Waals surface area contributed by atoms with Gasteiger partial charge in [0.2, 0.25) is 0 Å². The first-order valence-electron chi connectivity index (χ1n) is 10.3. The lowest BCUT2D eigenvalue weighted by Crippen LogP contribution is -2.31. The molecule has 2 aromatic carbocycles. The second kappa shape index (κ2) is 10.1. The third-order valence-electron chi connectivity index (χ3n) is 5.98. The van der Waals surface area contributed by atoms with Crippen LogP contribution in [0.4, 0.5) is 0 Å². The quantitative estimate of drug-likeness (QED) is 0.661. The first-order chi connectivity index (χ1) is 13.5. The minimum Gasteiger partial charge on any atom is -0.352 e. The standard InChI is InChI=1S/C24H31ClN2O/c1-27(2)23(19-6-4-3-5-7-19)20-10-8-18(9-11-20)16-17-26-24(28)21-12-14-22(25)15-13-21/h3-7,12-15,18,20,23H,8-11,16-17H2,1-2H3,(H,26,28). The lowest BCUT2D eigenvalue weighted by Gasteiger charge is -2.37. The minimum atomic E-state index is -0.0119. The smallest absolute Gasteiger partial charge is 0.251 e. The van der Waals surface area contributed by atoms with E-state index in [0.29, 0.717) is 28.5 Å². The van der Waals surface area contributed by atoms with Gasteiger partial charge in [-0.05, 0) is 75.0 Å². The molecule has 0 spiro atoms. The number of hydrogen-bond donors (Lipinski definition) is 1. The van der Waals surface area contributed by atoms with Crippen LogP contribution in [0, 0.1) is 11.8 Å². The normalized spacial score (nSPS) is 20.7. The molecular weight excluding hydrogens is 368 g/mol. The average molecular weight is 399 g/mol. The van der Waals surface area contributed by atoms with E-state index in [1.807, 2.05) is 0 Å². The van der Waals surface area contributed by atoms with Gasteiger partial charge in [-0.3, -0.25) is 4.79 Å². The molecule has 0 aliphatic heterocycles. The first kappa shape index (κ1) is 20.9. The zero-order valence-corrected chi connectivity index (χ0v) is 17.7. The van der Waals surface area contributed by atoms with Crippen LogP contribution < -0.4 is 5.32 Å². The molecule has 0 heterocycles. The summed E-state index contributed by atoms with van der Waals surface area (Å²) in [6.45, 7) is 0.743. The van der Waals surface area contributed by atoms with Crippen molar-refractivity contribution in [1.29, 1.82) is 0 Å². The van der Waals surface area contributed by atoms with E-state index in [4.69, 9.17) is 11.6 Å². The Kier molecular flexibility index (Phi) is 7.52. The summed E-state index contributed by atoms with van der Waals surface area (Å²) < 4.78 is 0. The molecule has 1 aliphatic carbocycles. The largest absolute Gasteiger partial charge is 0.352 e. The van der Waals surface area contributed by atoms with Crippen LogP contribution in [0.1, 0.15) is 54.1 Å². The van der Waals surface area contributed by atoms with Gasteiger partial charge in [0.05, 0.1) is 0 Å². The lowest BCUT2D eigenvalue weighted by atomic mass is 9.75. The van der Waals surface area contributed by atoms with Crippen LogP contribution in [-0.4, -0.2) is 31.4 Å². The lowest BCUT2D eigenvalue weighted by molar-refractivity contribution is 0.0947. The second-order valence-corrected chi connectivity index (χ2v) is 8.59. The van der Waals surface area contributed by atoms with E-state index < -0.39 is 0 Å². The van der Waals surface area contributed by atoms with Gasteiger partial charge < -0.3 is 10.2 Å². The summed E-state index contributed by atoms with van der Waals surface area (Å²) in [7, 11) is 4.38. The van der Waals surface area contributed by atoms with Gasteiger partial charge in [-0.25, -0.2) is 0 Å². The molecule has 1 amide bonds. The molecule has 4 heteroatoms. The topological polar surface area (TPSA) is 32.3 Å². The maximum atomic E-state index is 12.2. The van der Waals surface area contributed by atoms with Crippen molar-refractivity contribution in [1.82, 2.24) is 10.2 Å². The third kappa shape index (κ3) is 5.59. The molecule has 1 aliphatic rings. The van der Waals surface area contributed by atoms with E-state index in [1.54, 1.807) is 24.3 Å². The monoisotopic (exact) mass is 398 g/mol. The molecule has 0 bridgehead atoms. The van der Waals surface area contributed by atoms with Crippen LogP contribution in [0.15, 0.2) is 54.6 Å². The summed E-state index contributed by atoms with van der Waals surface area (Å²) in [5.74, 6) is 1.40. The Morgan fingerprint density at radius 2 is 1.68 bits per heavy atom. The van der Waals surface area contributed by atoms with Crippen molar-refractivity contribution >= 4 is 17.5 Å². The summed E-state index contributed by atoms with van der Waals surface area (Å²) in [5, 5.41) is 3.71. The highest BCUT2D eigenvalue weighted by Gasteiger charge is 2.29. The van der Waals surface area contributed by atoms with Crippen molar-refractivity contribution in [2.24, 2.45) is 11.8 Å². The maximum Gasteiger partial charge on any atom is 0.251 e. The highest BCUT2D eigenvalue weighted by molar-refractivity contribution is 6.30. The molecular formula is C24H31ClN2O. The van der Waals surface area contributed by atoms with Gasteiger partial charge in [0.15, 0.2) is 0 Å². The number of hydrogen-bond acceptors (Lipinski definition) is 2. The molecule has 0 radical (unpaired) electrons. The molecule has 3 nitrogen and oxygen atoms in total. The fourth-order valence-corrected chi connectivity index (χ4v) is 4.65. The summed E-state index contributed by atoms with van der Waals surface area (Å²) in [6, 6.07) is 18.4. The van der Waals surface area contributed by atoms with Gasteiger partial charge in [-0.1, -0.05) is 54.8 Å².